The molecule has 3 atom stereocenters. The van der Waals surface area contributed by atoms with Crippen LogP contribution in [0.5, 0.6) is 0 Å². The second-order valence-corrected chi connectivity index (χ2v) is 13.4. The van der Waals surface area contributed by atoms with E-state index in [1.165, 1.54) is 32.3 Å². The Morgan fingerprint density at radius 1 is 1.04 bits per heavy atom. The normalized spacial score (nSPS) is 14.4. The topological polar surface area (TPSA) is 168 Å². The van der Waals surface area contributed by atoms with Crippen LogP contribution < -0.4 is 26.8 Å². The van der Waals surface area contributed by atoms with Gasteiger partial charge in [-0.25, -0.2) is 4.98 Å². The van der Waals surface area contributed by atoms with Gasteiger partial charge in [-0.3, -0.25) is 28.8 Å². The van der Waals surface area contributed by atoms with Crippen LogP contribution in [0.2, 0.25) is 0 Å². The van der Waals surface area contributed by atoms with Crippen LogP contribution >= 0.6 is 11.3 Å². The molecule has 0 fully saturated rings. The van der Waals surface area contributed by atoms with Crippen LogP contribution in [0, 0.1) is 17.8 Å². The largest absolute Gasteiger partial charge is 0.443 e. The number of carbonyl (C=O) groups is 5. The van der Waals surface area contributed by atoms with Gasteiger partial charge in [0, 0.05) is 25.7 Å². The van der Waals surface area contributed by atoms with Crippen LogP contribution in [-0.2, 0) is 31.9 Å². The van der Waals surface area contributed by atoms with E-state index in [-0.39, 0.29) is 46.1 Å². The highest BCUT2D eigenvalue weighted by Crippen LogP contribution is 2.45. The molecule has 12 nitrogen and oxygen atoms in total. The summed E-state index contributed by atoms with van der Waals surface area (Å²) >= 11 is 0.0827. The molecule has 0 aliphatic heterocycles. The van der Waals surface area contributed by atoms with Gasteiger partial charge < -0.3 is 25.8 Å². The van der Waals surface area contributed by atoms with Gasteiger partial charge >= 0.3 is 6.18 Å². The van der Waals surface area contributed by atoms with Crippen LogP contribution in [0.1, 0.15) is 87.6 Å². The van der Waals surface area contributed by atoms with E-state index < -0.39 is 69.9 Å². The van der Waals surface area contributed by atoms with E-state index >= 15 is 0 Å². The molecule has 47 heavy (non-hydrogen) atoms. The molecular weight excluding hydrogens is 641 g/mol. The van der Waals surface area contributed by atoms with Gasteiger partial charge in [-0.1, -0.05) is 41.5 Å². The minimum atomic E-state index is -4.80. The van der Waals surface area contributed by atoms with Crippen molar-refractivity contribution < 1.29 is 37.1 Å². The Morgan fingerprint density at radius 3 is 2.19 bits per heavy atom. The lowest BCUT2D eigenvalue weighted by Crippen LogP contribution is -2.52. The molecule has 0 saturated carbocycles. The number of pyridine rings is 1. The predicted octanol–water partition coefficient (Wildman–Crippen LogP) is 3.82. The van der Waals surface area contributed by atoms with Crippen LogP contribution in [0.25, 0.3) is 0 Å². The van der Waals surface area contributed by atoms with Crippen molar-refractivity contribution in [1.82, 2.24) is 25.5 Å². The zero-order chi connectivity index (χ0) is 35.9. The smallest absolute Gasteiger partial charge is 0.353 e. The van der Waals surface area contributed by atoms with E-state index in [9.17, 15) is 41.9 Å². The molecule has 0 radical (unpaired) electrons. The molecule has 2 aromatic heterocycles. The molecular formula is C31H43F3N6O6S. The van der Waals surface area contributed by atoms with Crippen molar-refractivity contribution in [3.05, 3.63) is 44.3 Å². The Morgan fingerprint density at radius 2 is 1.68 bits per heavy atom. The van der Waals surface area contributed by atoms with Gasteiger partial charge in [-0.2, -0.15) is 13.2 Å². The molecule has 4 amide bonds. The third kappa shape index (κ3) is 9.72. The van der Waals surface area contributed by atoms with E-state index in [1.807, 2.05) is 6.92 Å². The zero-order valence-corrected chi connectivity index (χ0v) is 28.6. The van der Waals surface area contributed by atoms with Crippen LogP contribution in [0.4, 0.5) is 18.9 Å². The first-order valence-electron chi connectivity index (χ1n) is 15.1. The molecule has 0 saturated heterocycles. The van der Waals surface area contributed by atoms with Crippen molar-refractivity contribution in [3.63, 3.8) is 0 Å². The number of rotatable bonds is 14. The molecule has 2 heterocycles. The summed E-state index contributed by atoms with van der Waals surface area (Å²) in [5, 5.41) is 8.60. The second kappa shape index (κ2) is 15.7. The molecule has 0 aliphatic rings. The van der Waals surface area contributed by atoms with Crippen LogP contribution in [0.15, 0.2) is 23.1 Å². The van der Waals surface area contributed by atoms with E-state index in [2.05, 4.69) is 60.9 Å². The highest BCUT2D eigenvalue weighted by molar-refractivity contribution is 7.13. The third-order valence-corrected chi connectivity index (χ3v) is 9.76. The summed E-state index contributed by atoms with van der Waals surface area (Å²) in [6, 6.07) is 0.969. The quantitative estimate of drug-likeness (QED) is 0.220. The first kappa shape index (κ1) is 39.1. The number of likely N-dealkylation sites (N-methyl/N-ethyl adjacent to an activating group) is 1. The molecule has 4 N–H and O–H groups in total. The number of amides is 4. The maximum absolute atomic E-state index is 13.3. The Labute approximate surface area is 275 Å². The lowest BCUT2D eigenvalue weighted by Gasteiger charge is -2.47. The number of Topliss-reactive ketones (excluding diaryl/α,β-unsaturated/α-hetero) is 1. The van der Waals surface area contributed by atoms with E-state index in [1.54, 1.807) is 0 Å². The molecule has 0 aromatic carbocycles. The van der Waals surface area contributed by atoms with Crippen LogP contribution in [-0.4, -0.2) is 58.1 Å². The summed E-state index contributed by atoms with van der Waals surface area (Å²) in [6.07, 6.45) is -2.89. The van der Waals surface area contributed by atoms with Gasteiger partial charge in [-0.15, -0.1) is 11.3 Å². The van der Waals surface area contributed by atoms with E-state index in [4.69, 9.17) is 0 Å². The second-order valence-electron chi connectivity index (χ2n) is 12.4. The molecule has 3 unspecified atom stereocenters. The fourth-order valence-corrected chi connectivity index (χ4v) is 5.97. The zero-order valence-electron chi connectivity index (χ0n) is 27.8. The molecule has 16 heteroatoms. The number of hydrogen-bond acceptors (Lipinski definition) is 8. The Hall–Kier alpha value is -4.08. The third-order valence-electron chi connectivity index (χ3n) is 8.56. The molecule has 2 aromatic rings. The van der Waals surface area contributed by atoms with Gasteiger partial charge in [0.25, 0.3) is 17.4 Å². The summed E-state index contributed by atoms with van der Waals surface area (Å²) in [7, 11) is 1.23. The number of thiazole rings is 1. The van der Waals surface area contributed by atoms with Crippen molar-refractivity contribution in [2.75, 3.05) is 12.4 Å². The van der Waals surface area contributed by atoms with Crippen molar-refractivity contribution in [2.45, 2.75) is 99.0 Å². The number of ketones is 1. The standard InChI is InChI=1S/C31H43F3N6O6S/c1-9-21(30(7,10-2)29(4,5)6)39-22(42)16-40-15-11-12-19(27(40)46)38-24(43)18(13-14-20(41)25(44)35-8)37-26(45)23-17(3)36-28(47-23)31(32,33)34/h11-12,15,18,21H,9-10,13-14,16H2,1-8H3,(H,35,44)(H,37,45)(H,38,43)(H,39,42). The summed E-state index contributed by atoms with van der Waals surface area (Å²) in [5.74, 6) is -4.31. The highest BCUT2D eigenvalue weighted by atomic mass is 32.1. The van der Waals surface area contributed by atoms with Crippen LogP contribution in [0.3, 0.4) is 0 Å². The number of carbonyl (C=O) groups excluding carboxylic acids is 5. The summed E-state index contributed by atoms with van der Waals surface area (Å²) in [5.41, 5.74) is -1.60. The van der Waals surface area contributed by atoms with Gasteiger partial charge in [0.05, 0.1) is 5.69 Å². The van der Waals surface area contributed by atoms with E-state index in [0.29, 0.717) is 6.42 Å². The van der Waals surface area contributed by atoms with Gasteiger partial charge in [-0.05, 0) is 49.1 Å². The van der Waals surface area contributed by atoms with E-state index in [0.717, 1.165) is 11.0 Å². The molecule has 260 valence electrons. The summed E-state index contributed by atoms with van der Waals surface area (Å²) < 4.78 is 40.6. The maximum Gasteiger partial charge on any atom is 0.443 e. The lowest BCUT2D eigenvalue weighted by molar-refractivity contribution is -0.137. The summed E-state index contributed by atoms with van der Waals surface area (Å²) in [4.78, 5) is 79.5. The number of aromatic nitrogens is 2. The minimum absolute atomic E-state index is 0.0827. The molecule has 2 rings (SSSR count). The SMILES string of the molecule is CCC(NC(=O)Cn1cccc(NC(=O)C(CCC(=O)C(=O)NC)NC(=O)c2sc(C(F)(F)F)nc2C)c1=O)C(C)(CC)C(C)(C)C. The summed E-state index contributed by atoms with van der Waals surface area (Å²) in [6.45, 7) is 13.3. The van der Waals surface area contributed by atoms with Crippen molar-refractivity contribution >= 4 is 46.4 Å². The fourth-order valence-electron chi connectivity index (χ4n) is 5.13. The van der Waals surface area contributed by atoms with Crippen molar-refractivity contribution in [3.8, 4) is 0 Å². The number of anilines is 1. The Balaban J connectivity index is 2.31. The lowest BCUT2D eigenvalue weighted by atomic mass is 9.61. The number of alkyl halides is 3. The Bertz CT molecular complexity index is 1550. The molecule has 0 spiro atoms. The van der Waals surface area contributed by atoms with Gasteiger partial charge in [0.1, 0.15) is 23.2 Å². The van der Waals surface area contributed by atoms with Gasteiger partial charge in [0.15, 0.2) is 5.01 Å². The highest BCUT2D eigenvalue weighted by Gasteiger charge is 2.42. The fraction of sp³-hybridized carbons (Fsp3) is 0.581. The van der Waals surface area contributed by atoms with Crippen molar-refractivity contribution in [1.29, 1.82) is 0 Å². The van der Waals surface area contributed by atoms with Crippen molar-refractivity contribution in [2.24, 2.45) is 10.8 Å². The first-order chi connectivity index (χ1) is 21.7. The minimum Gasteiger partial charge on any atom is -0.353 e. The van der Waals surface area contributed by atoms with Gasteiger partial charge in [0.2, 0.25) is 17.6 Å². The number of hydrogen-bond donors (Lipinski definition) is 4. The number of nitrogens with zero attached hydrogens (tertiary/aromatic N) is 2. The predicted molar refractivity (Wildman–Crippen MR) is 171 cm³/mol. The number of nitrogens with one attached hydrogen (secondary N) is 4. The monoisotopic (exact) mass is 684 g/mol. The molecule has 0 aliphatic carbocycles. The Kier molecular flexibility index (Phi) is 13.0. The number of halogens is 3. The average molecular weight is 685 g/mol. The number of aryl methyl sites for hydroxylation is 1. The average Bonchev–Trinajstić information content (AvgIpc) is 3.40. The first-order valence-corrected chi connectivity index (χ1v) is 15.9. The molecule has 0 bridgehead atoms. The maximum atomic E-state index is 13.3.